The van der Waals surface area contributed by atoms with E-state index in [1.54, 1.807) is 22.8 Å². The maximum Gasteiger partial charge on any atom is 0.315 e. The van der Waals surface area contributed by atoms with Gasteiger partial charge in [-0.1, -0.05) is 42.2 Å². The molecule has 0 saturated heterocycles. The van der Waals surface area contributed by atoms with E-state index in [9.17, 15) is 18.9 Å². The van der Waals surface area contributed by atoms with Crippen molar-refractivity contribution in [3.8, 4) is 5.75 Å². The molecule has 1 unspecified atom stereocenters. The second-order valence-corrected chi connectivity index (χ2v) is 11.4. The van der Waals surface area contributed by atoms with Crippen LogP contribution < -0.4 is 5.56 Å². The van der Waals surface area contributed by atoms with Crippen LogP contribution in [0.4, 0.5) is 0 Å². The summed E-state index contributed by atoms with van der Waals surface area (Å²) in [5.41, 5.74) is 2.79. The molecule has 1 aliphatic carbocycles. The minimum absolute atomic E-state index is 0.0231. The number of hydrogen-bond donors (Lipinski definition) is 1. The molecule has 8 heteroatoms. The normalized spacial score (nSPS) is 20.7. The van der Waals surface area contributed by atoms with Gasteiger partial charge in [-0.3, -0.25) is 13.8 Å². The van der Waals surface area contributed by atoms with Gasteiger partial charge in [-0.05, 0) is 38.7 Å². The maximum atomic E-state index is 13.2. The highest BCUT2D eigenvalue weighted by Crippen LogP contribution is 2.44. The number of aromatic nitrogens is 2. The summed E-state index contributed by atoms with van der Waals surface area (Å²) in [6, 6.07) is 6.45. The van der Waals surface area contributed by atoms with E-state index < -0.39 is 28.0 Å². The van der Waals surface area contributed by atoms with Gasteiger partial charge in [0.1, 0.15) is 5.82 Å². The van der Waals surface area contributed by atoms with Crippen LogP contribution in [-0.2, 0) is 29.2 Å². The van der Waals surface area contributed by atoms with Crippen LogP contribution in [0.25, 0.3) is 0 Å². The molecule has 1 aromatic heterocycles. The maximum absolute atomic E-state index is 13.2. The number of likely N-dealkylation sites (N-methyl/N-ethyl adjacent to an activating group) is 1. The van der Waals surface area contributed by atoms with Crippen molar-refractivity contribution in [2.45, 2.75) is 70.4 Å². The molecule has 0 radical (unpaired) electrons. The molecule has 1 aliphatic heterocycles. The summed E-state index contributed by atoms with van der Waals surface area (Å²) in [7, 11) is 0.707. The first-order valence-electron chi connectivity index (χ1n) is 11.6. The van der Waals surface area contributed by atoms with E-state index in [1.807, 2.05) is 0 Å². The highest BCUT2D eigenvalue weighted by molar-refractivity contribution is 7.84. The summed E-state index contributed by atoms with van der Waals surface area (Å²) in [6.07, 6.45) is 6.98. The Labute approximate surface area is 197 Å². The fourth-order valence-electron chi connectivity index (χ4n) is 5.59. The summed E-state index contributed by atoms with van der Waals surface area (Å²) in [5, 5.41) is 10.5. The molecule has 33 heavy (non-hydrogen) atoms. The predicted octanol–water partition coefficient (Wildman–Crippen LogP) is 2.84. The number of carbonyl (C=O) groups excluding carboxylic acids is 1. The smallest absolute Gasteiger partial charge is 0.315 e. The first-order valence-corrected chi connectivity index (χ1v) is 13.3. The fraction of sp³-hybridized carbons (Fsp3) is 0.560. The lowest BCUT2D eigenvalue weighted by atomic mass is 9.75. The van der Waals surface area contributed by atoms with Crippen molar-refractivity contribution in [2.24, 2.45) is 0 Å². The third-order valence-corrected chi connectivity index (χ3v) is 8.14. The molecular formula is C25H33N3O4S. The van der Waals surface area contributed by atoms with E-state index in [2.05, 4.69) is 37.0 Å². The van der Waals surface area contributed by atoms with Crippen LogP contribution in [0.1, 0.15) is 65.1 Å². The van der Waals surface area contributed by atoms with Gasteiger partial charge in [0.05, 0.1) is 6.04 Å². The zero-order valence-corrected chi connectivity index (χ0v) is 20.7. The van der Waals surface area contributed by atoms with E-state index >= 15 is 0 Å². The third kappa shape index (κ3) is 4.50. The van der Waals surface area contributed by atoms with Crippen LogP contribution in [0.3, 0.4) is 0 Å². The first-order chi connectivity index (χ1) is 15.6. The summed E-state index contributed by atoms with van der Waals surface area (Å²) >= 11 is 0. The Balaban J connectivity index is 1.80. The van der Waals surface area contributed by atoms with Gasteiger partial charge in [0, 0.05) is 48.2 Å². The van der Waals surface area contributed by atoms with Gasteiger partial charge >= 0.3 is 5.56 Å². The average Bonchev–Trinajstić information content (AvgIpc) is 3.22. The lowest BCUT2D eigenvalue weighted by Crippen LogP contribution is -2.48. The summed E-state index contributed by atoms with van der Waals surface area (Å²) < 4.78 is 13.4. The molecule has 0 spiro atoms. The molecule has 2 aromatic rings. The highest BCUT2D eigenvalue weighted by atomic mass is 32.2. The molecule has 2 atom stereocenters. The Morgan fingerprint density at radius 1 is 1.15 bits per heavy atom. The molecule has 4 rings (SSSR count). The number of rotatable bonds is 6. The molecule has 2 aliphatic rings. The molecule has 178 valence electrons. The molecule has 7 nitrogen and oxygen atoms in total. The molecule has 1 amide bonds. The number of hydrogen-bond acceptors (Lipinski definition) is 5. The topological polar surface area (TPSA) is 92.5 Å². The lowest BCUT2D eigenvalue weighted by Gasteiger charge is -2.37. The number of amides is 1. The van der Waals surface area contributed by atoms with Crippen LogP contribution in [0, 0.1) is 13.8 Å². The number of nitrogens with zero attached hydrogens (tertiary/aromatic N) is 3. The van der Waals surface area contributed by atoms with Crippen LogP contribution in [0.5, 0.6) is 5.75 Å². The van der Waals surface area contributed by atoms with Crippen LogP contribution in [0.15, 0.2) is 23.0 Å². The monoisotopic (exact) mass is 471 g/mol. The van der Waals surface area contributed by atoms with E-state index in [0.717, 1.165) is 25.7 Å². The van der Waals surface area contributed by atoms with Crippen molar-refractivity contribution in [3.05, 3.63) is 56.8 Å². The second-order valence-electron chi connectivity index (χ2n) is 9.82. The van der Waals surface area contributed by atoms with Crippen molar-refractivity contribution >= 4 is 16.7 Å². The first kappa shape index (κ1) is 23.7. The van der Waals surface area contributed by atoms with Crippen molar-refractivity contribution < 1.29 is 14.1 Å². The van der Waals surface area contributed by atoms with Crippen molar-refractivity contribution in [3.63, 3.8) is 0 Å². The molecule has 1 saturated carbocycles. The second kappa shape index (κ2) is 9.05. The minimum Gasteiger partial charge on any atom is -0.501 e. The third-order valence-electron chi connectivity index (χ3n) is 7.33. The van der Waals surface area contributed by atoms with Crippen LogP contribution >= 0.6 is 0 Å². The van der Waals surface area contributed by atoms with Crippen LogP contribution in [-0.4, -0.2) is 54.8 Å². The Hall–Kier alpha value is -2.48. The highest BCUT2D eigenvalue weighted by Gasteiger charge is 2.40. The largest absolute Gasteiger partial charge is 0.501 e. The van der Waals surface area contributed by atoms with E-state index in [-0.39, 0.29) is 17.2 Å². The van der Waals surface area contributed by atoms with E-state index in [4.69, 9.17) is 0 Å². The molecule has 1 fully saturated rings. The van der Waals surface area contributed by atoms with Crippen molar-refractivity contribution in [1.29, 1.82) is 0 Å². The minimum atomic E-state index is -0.967. The van der Waals surface area contributed by atoms with Gasteiger partial charge in [-0.15, -0.1) is 0 Å². The van der Waals surface area contributed by atoms with E-state index in [1.165, 1.54) is 16.7 Å². The Kier molecular flexibility index (Phi) is 6.49. The number of carbonyl (C=O) groups is 1. The average molecular weight is 472 g/mol. The standard InChI is InChI=1S/C25H33N3O4S/c1-16-11-17(2)13-18(12-16)25(8-5-6-9-25)14-20-26-23(30)22(29)21-24(31)27(3)19(15-28(20)21)7-10-33(4)32/h11-13,19,29H,5-10,14-15H2,1-4H3/t19-,33?/m0/s1. The molecule has 2 heterocycles. The van der Waals surface area contributed by atoms with Gasteiger partial charge in [0.25, 0.3) is 5.91 Å². The van der Waals surface area contributed by atoms with Gasteiger partial charge in [-0.25, -0.2) is 0 Å². The molecule has 1 aromatic carbocycles. The molecule has 1 N–H and O–H groups in total. The summed E-state index contributed by atoms with van der Waals surface area (Å²) in [6.45, 7) is 4.62. The van der Waals surface area contributed by atoms with Gasteiger partial charge < -0.3 is 14.6 Å². The fourth-order valence-corrected chi connectivity index (χ4v) is 6.20. The van der Waals surface area contributed by atoms with Gasteiger partial charge in [0.2, 0.25) is 5.75 Å². The number of fused-ring (bicyclic) bond motifs is 1. The number of aryl methyl sites for hydroxylation is 2. The Bertz CT molecular complexity index is 1150. The number of benzene rings is 1. The Morgan fingerprint density at radius 3 is 2.39 bits per heavy atom. The zero-order chi connectivity index (χ0) is 23.9. The predicted molar refractivity (Wildman–Crippen MR) is 129 cm³/mol. The van der Waals surface area contributed by atoms with Crippen molar-refractivity contribution in [2.75, 3.05) is 19.1 Å². The zero-order valence-electron chi connectivity index (χ0n) is 19.9. The molecular weight excluding hydrogens is 438 g/mol. The quantitative estimate of drug-likeness (QED) is 0.699. The molecule has 0 bridgehead atoms. The Morgan fingerprint density at radius 2 is 1.79 bits per heavy atom. The van der Waals surface area contributed by atoms with Crippen LogP contribution in [0.2, 0.25) is 0 Å². The summed E-state index contributed by atoms with van der Waals surface area (Å²) in [5.74, 6) is 0.0650. The van der Waals surface area contributed by atoms with E-state index in [0.29, 0.717) is 31.0 Å². The number of aromatic hydroxyl groups is 1. The SMILES string of the molecule is Cc1cc(C)cc(C2(Cc3nc(=O)c(O)c4n3C[C@H](CCS(C)=O)N(C)C4=O)CCCC2)c1. The van der Waals surface area contributed by atoms with Gasteiger partial charge in [0.15, 0.2) is 5.69 Å². The van der Waals surface area contributed by atoms with Gasteiger partial charge in [-0.2, -0.15) is 4.98 Å². The lowest BCUT2D eigenvalue weighted by molar-refractivity contribution is 0.0638. The summed E-state index contributed by atoms with van der Waals surface area (Å²) in [4.78, 5) is 31.6. The van der Waals surface area contributed by atoms with Crippen molar-refractivity contribution in [1.82, 2.24) is 14.5 Å².